The molecule has 1 aliphatic rings. The zero-order valence-corrected chi connectivity index (χ0v) is 7.35. The molecule has 1 aliphatic carbocycles. The van der Waals surface area contributed by atoms with Gasteiger partial charge >= 0.3 is 6.03 Å². The number of rotatable bonds is 2. The first-order valence-corrected chi connectivity index (χ1v) is 4.43. The number of nitrogens with one attached hydrogen (secondary N) is 1. The van der Waals surface area contributed by atoms with Crippen LogP contribution in [0.5, 0.6) is 0 Å². The van der Waals surface area contributed by atoms with Gasteiger partial charge in [0.25, 0.3) is 5.92 Å². The SMILES string of the molecule is NC(=O)NCC1CCCCC1(F)F. The molecule has 0 aromatic rings. The third-order valence-electron chi connectivity index (χ3n) is 2.43. The Morgan fingerprint density at radius 2 is 2.23 bits per heavy atom. The van der Waals surface area contributed by atoms with Crippen LogP contribution >= 0.6 is 0 Å². The molecule has 76 valence electrons. The number of hydrogen-bond acceptors (Lipinski definition) is 1. The Balaban J connectivity index is 2.41. The van der Waals surface area contributed by atoms with Gasteiger partial charge in [-0.3, -0.25) is 0 Å². The van der Waals surface area contributed by atoms with E-state index in [0.717, 1.165) is 6.42 Å². The molecule has 0 aliphatic heterocycles. The summed E-state index contributed by atoms with van der Waals surface area (Å²) in [6.45, 7) is -0.0116. The highest BCUT2D eigenvalue weighted by atomic mass is 19.3. The van der Waals surface area contributed by atoms with E-state index in [-0.39, 0.29) is 13.0 Å². The summed E-state index contributed by atoms with van der Waals surface area (Å²) in [7, 11) is 0. The summed E-state index contributed by atoms with van der Waals surface area (Å²) in [6.07, 6.45) is 1.77. The maximum atomic E-state index is 13.1. The Labute approximate surface area is 75.7 Å². The van der Waals surface area contributed by atoms with Crippen molar-refractivity contribution in [1.29, 1.82) is 0 Å². The van der Waals surface area contributed by atoms with Crippen molar-refractivity contribution in [3.05, 3.63) is 0 Å². The predicted molar refractivity (Wildman–Crippen MR) is 44.5 cm³/mol. The van der Waals surface area contributed by atoms with Crippen molar-refractivity contribution >= 4 is 6.03 Å². The third-order valence-corrected chi connectivity index (χ3v) is 2.43. The van der Waals surface area contributed by atoms with Crippen molar-refractivity contribution in [2.45, 2.75) is 31.6 Å². The first-order chi connectivity index (χ1) is 6.02. The third kappa shape index (κ3) is 2.82. The Kier molecular flexibility index (Phi) is 3.06. The van der Waals surface area contributed by atoms with Crippen molar-refractivity contribution in [3.63, 3.8) is 0 Å². The summed E-state index contributed by atoms with van der Waals surface area (Å²) in [4.78, 5) is 10.3. The monoisotopic (exact) mass is 192 g/mol. The van der Waals surface area contributed by atoms with Gasteiger partial charge in [0.1, 0.15) is 0 Å². The first-order valence-electron chi connectivity index (χ1n) is 4.43. The Morgan fingerprint density at radius 3 is 2.77 bits per heavy atom. The summed E-state index contributed by atoms with van der Waals surface area (Å²) in [5, 5.41) is 2.23. The maximum absolute atomic E-state index is 13.1. The Morgan fingerprint density at radius 1 is 1.54 bits per heavy atom. The van der Waals surface area contributed by atoms with E-state index >= 15 is 0 Å². The molecule has 1 rings (SSSR count). The fraction of sp³-hybridized carbons (Fsp3) is 0.875. The quantitative estimate of drug-likeness (QED) is 0.684. The zero-order chi connectivity index (χ0) is 9.90. The van der Waals surface area contributed by atoms with Crippen LogP contribution < -0.4 is 11.1 Å². The topological polar surface area (TPSA) is 55.1 Å². The number of urea groups is 1. The fourth-order valence-electron chi connectivity index (χ4n) is 1.64. The van der Waals surface area contributed by atoms with Crippen molar-refractivity contribution in [3.8, 4) is 0 Å². The van der Waals surface area contributed by atoms with Gasteiger partial charge in [-0.1, -0.05) is 6.42 Å². The molecular formula is C8H14F2N2O. The minimum atomic E-state index is -2.64. The van der Waals surface area contributed by atoms with Gasteiger partial charge in [0.05, 0.1) is 0 Å². The van der Waals surface area contributed by atoms with Crippen LogP contribution in [-0.4, -0.2) is 18.5 Å². The lowest BCUT2D eigenvalue weighted by Crippen LogP contribution is -2.42. The maximum Gasteiger partial charge on any atom is 0.312 e. The smallest absolute Gasteiger partial charge is 0.312 e. The molecule has 0 saturated heterocycles. The van der Waals surface area contributed by atoms with E-state index in [1.54, 1.807) is 0 Å². The molecule has 2 amide bonds. The fourth-order valence-corrected chi connectivity index (χ4v) is 1.64. The highest BCUT2D eigenvalue weighted by Gasteiger charge is 2.41. The molecule has 1 unspecified atom stereocenters. The summed E-state index contributed by atoms with van der Waals surface area (Å²) in [5.41, 5.74) is 4.80. The standard InChI is InChI=1S/C8H14F2N2O/c9-8(10)4-2-1-3-6(8)5-12-7(11)13/h6H,1-5H2,(H3,11,12,13). The van der Waals surface area contributed by atoms with Crippen LogP contribution in [0.2, 0.25) is 0 Å². The second-order valence-corrected chi connectivity index (χ2v) is 3.45. The Hall–Kier alpha value is -0.870. The van der Waals surface area contributed by atoms with E-state index in [1.165, 1.54) is 0 Å². The van der Waals surface area contributed by atoms with Crippen LogP contribution in [0, 0.1) is 5.92 Å². The highest BCUT2D eigenvalue weighted by Crippen LogP contribution is 2.37. The molecule has 5 heteroatoms. The van der Waals surface area contributed by atoms with Crippen LogP contribution in [0.15, 0.2) is 0 Å². The molecule has 0 aromatic carbocycles. The van der Waals surface area contributed by atoms with Crippen molar-refractivity contribution in [1.82, 2.24) is 5.32 Å². The molecule has 0 heterocycles. The minimum absolute atomic E-state index is 0.0116. The average molecular weight is 192 g/mol. The molecule has 3 N–H and O–H groups in total. The molecule has 0 spiro atoms. The number of primary amides is 1. The molecule has 0 bridgehead atoms. The van der Waals surface area contributed by atoms with Gasteiger partial charge in [-0.25, -0.2) is 13.6 Å². The highest BCUT2D eigenvalue weighted by molar-refractivity contribution is 5.71. The normalized spacial score (nSPS) is 26.8. The molecule has 0 radical (unpaired) electrons. The number of carbonyl (C=O) groups excluding carboxylic acids is 1. The van der Waals surface area contributed by atoms with Crippen LogP contribution in [0.25, 0.3) is 0 Å². The molecule has 3 nitrogen and oxygen atoms in total. The van der Waals surface area contributed by atoms with E-state index in [9.17, 15) is 13.6 Å². The summed E-state index contributed by atoms with van der Waals surface area (Å²) < 4.78 is 26.3. The largest absolute Gasteiger partial charge is 0.352 e. The summed E-state index contributed by atoms with van der Waals surface area (Å²) >= 11 is 0. The number of hydrogen-bond donors (Lipinski definition) is 2. The summed E-state index contributed by atoms with van der Waals surface area (Å²) in [5.74, 6) is -3.38. The lowest BCUT2D eigenvalue weighted by atomic mass is 9.85. The van der Waals surface area contributed by atoms with Gasteiger partial charge in [0, 0.05) is 18.9 Å². The molecule has 1 fully saturated rings. The first kappa shape index (κ1) is 10.2. The van der Waals surface area contributed by atoms with E-state index in [4.69, 9.17) is 5.73 Å². The van der Waals surface area contributed by atoms with E-state index < -0.39 is 17.9 Å². The van der Waals surface area contributed by atoms with Crippen LogP contribution in [-0.2, 0) is 0 Å². The lowest BCUT2D eigenvalue weighted by molar-refractivity contribution is -0.0832. The van der Waals surface area contributed by atoms with Crippen LogP contribution in [0.1, 0.15) is 25.7 Å². The number of carbonyl (C=O) groups is 1. The van der Waals surface area contributed by atoms with Crippen LogP contribution in [0.4, 0.5) is 13.6 Å². The molecule has 1 atom stereocenters. The summed E-state index contributed by atoms with van der Waals surface area (Å²) in [6, 6.07) is -0.735. The second-order valence-electron chi connectivity index (χ2n) is 3.45. The van der Waals surface area contributed by atoms with Gasteiger partial charge in [-0.2, -0.15) is 0 Å². The molecule has 1 saturated carbocycles. The average Bonchev–Trinajstić information content (AvgIpc) is 2.01. The second kappa shape index (κ2) is 3.89. The van der Waals surface area contributed by atoms with E-state index in [2.05, 4.69) is 5.32 Å². The number of alkyl halides is 2. The molecular weight excluding hydrogens is 178 g/mol. The minimum Gasteiger partial charge on any atom is -0.352 e. The van der Waals surface area contributed by atoms with Crippen molar-refractivity contribution < 1.29 is 13.6 Å². The van der Waals surface area contributed by atoms with Gasteiger partial charge in [0.2, 0.25) is 0 Å². The zero-order valence-electron chi connectivity index (χ0n) is 7.35. The van der Waals surface area contributed by atoms with Crippen LogP contribution in [0.3, 0.4) is 0 Å². The van der Waals surface area contributed by atoms with Gasteiger partial charge in [-0.15, -0.1) is 0 Å². The Bertz CT molecular complexity index is 197. The van der Waals surface area contributed by atoms with Crippen molar-refractivity contribution in [2.24, 2.45) is 11.7 Å². The van der Waals surface area contributed by atoms with E-state index in [0.29, 0.717) is 12.8 Å². The lowest BCUT2D eigenvalue weighted by Gasteiger charge is -2.30. The van der Waals surface area contributed by atoms with E-state index in [1.807, 2.05) is 0 Å². The van der Waals surface area contributed by atoms with Gasteiger partial charge in [-0.05, 0) is 12.8 Å². The predicted octanol–water partition coefficient (Wildman–Crippen LogP) is 1.48. The van der Waals surface area contributed by atoms with Gasteiger partial charge in [0.15, 0.2) is 0 Å². The number of halogens is 2. The number of nitrogens with two attached hydrogens (primary N) is 1. The number of amides is 2. The molecule has 13 heavy (non-hydrogen) atoms. The van der Waals surface area contributed by atoms with Crippen molar-refractivity contribution in [2.75, 3.05) is 6.54 Å². The van der Waals surface area contributed by atoms with Gasteiger partial charge < -0.3 is 11.1 Å². The molecule has 0 aromatic heterocycles.